The van der Waals surface area contributed by atoms with Crippen molar-refractivity contribution in [3.05, 3.63) is 305 Å². The summed E-state index contributed by atoms with van der Waals surface area (Å²) in [6.45, 7) is 0.0573. The molecular formula is C60H54N2O5. The molecule has 1 aromatic heterocycles. The van der Waals surface area contributed by atoms with Crippen molar-refractivity contribution in [1.29, 1.82) is 0 Å². The quantitative estimate of drug-likeness (QED) is 0.0742. The number of aliphatic hydroxyl groups excluding tert-OH is 2. The van der Waals surface area contributed by atoms with Gasteiger partial charge in [0.25, 0.3) is 0 Å². The number of ether oxygens (including phenoxy) is 3. The van der Waals surface area contributed by atoms with E-state index >= 15 is 0 Å². The van der Waals surface area contributed by atoms with Gasteiger partial charge in [0.2, 0.25) is 0 Å². The molecule has 2 N–H and O–H groups in total. The normalized spacial score (nSPS) is 13.6. The Kier molecular flexibility index (Phi) is 14.3. The first-order chi connectivity index (χ1) is 33.1. The van der Waals surface area contributed by atoms with Gasteiger partial charge in [-0.25, -0.2) is 4.98 Å². The van der Waals surface area contributed by atoms with Gasteiger partial charge >= 0.3 is 0 Å². The monoisotopic (exact) mass is 882 g/mol. The lowest BCUT2D eigenvalue weighted by atomic mass is 9.77. The van der Waals surface area contributed by atoms with Crippen molar-refractivity contribution in [2.24, 2.45) is 0 Å². The molecule has 1 heterocycles. The molecule has 0 unspecified atom stereocenters. The molecule has 0 aliphatic heterocycles. The lowest BCUT2D eigenvalue weighted by Gasteiger charge is -2.38. The maximum atomic E-state index is 13.0. The van der Waals surface area contributed by atoms with Gasteiger partial charge in [0.1, 0.15) is 35.6 Å². The average Bonchev–Trinajstić information content (AvgIpc) is 3.89. The fraction of sp³-hybridized carbons (Fsp3) is 0.150. The molecule has 8 aromatic carbocycles. The molecule has 7 nitrogen and oxygen atoms in total. The van der Waals surface area contributed by atoms with Crippen LogP contribution in [0.2, 0.25) is 0 Å². The Bertz CT molecular complexity index is 2640. The van der Waals surface area contributed by atoms with E-state index in [-0.39, 0.29) is 19.8 Å². The third-order valence-corrected chi connectivity index (χ3v) is 12.5. The van der Waals surface area contributed by atoms with Crippen LogP contribution in [-0.4, -0.2) is 44.7 Å². The molecule has 9 rings (SSSR count). The minimum atomic E-state index is -1.44. The van der Waals surface area contributed by atoms with E-state index in [1.165, 1.54) is 0 Å². The number of imidazole rings is 1. The number of hydrogen-bond donors (Lipinski definition) is 2. The maximum absolute atomic E-state index is 13.0. The van der Waals surface area contributed by atoms with Gasteiger partial charge in [-0.05, 0) is 44.5 Å². The molecule has 7 heteroatoms. The van der Waals surface area contributed by atoms with Crippen LogP contribution in [0.15, 0.2) is 255 Å². The van der Waals surface area contributed by atoms with Crippen molar-refractivity contribution in [1.82, 2.24) is 9.55 Å². The molecule has 67 heavy (non-hydrogen) atoms. The zero-order valence-electron chi connectivity index (χ0n) is 37.2. The van der Waals surface area contributed by atoms with E-state index < -0.39 is 35.6 Å². The summed E-state index contributed by atoms with van der Waals surface area (Å²) in [7, 11) is 0. The van der Waals surface area contributed by atoms with Crippen LogP contribution in [0.1, 0.15) is 56.3 Å². The number of hydrogen-bond acceptors (Lipinski definition) is 6. The molecule has 9 aromatic rings. The minimum absolute atomic E-state index is 0.111. The van der Waals surface area contributed by atoms with Crippen molar-refractivity contribution in [2.45, 2.75) is 48.8 Å². The summed E-state index contributed by atoms with van der Waals surface area (Å²) in [5.74, 6) is 0. The predicted octanol–water partition coefficient (Wildman–Crippen LogP) is 11.3. The first kappa shape index (κ1) is 44.9. The molecule has 0 aliphatic carbocycles. The van der Waals surface area contributed by atoms with Crippen LogP contribution in [0, 0.1) is 0 Å². The van der Waals surface area contributed by atoms with Crippen molar-refractivity contribution in [2.75, 3.05) is 6.61 Å². The summed E-state index contributed by atoms with van der Waals surface area (Å²) in [6.07, 6.45) is -1.31. The van der Waals surface area contributed by atoms with Gasteiger partial charge in [-0.15, -0.1) is 0 Å². The Morgan fingerprint density at radius 2 is 0.776 bits per heavy atom. The van der Waals surface area contributed by atoms with E-state index in [4.69, 9.17) is 19.2 Å². The van der Waals surface area contributed by atoms with Crippen molar-refractivity contribution < 1.29 is 24.4 Å². The van der Waals surface area contributed by atoms with Gasteiger partial charge in [0.05, 0.1) is 31.8 Å². The van der Waals surface area contributed by atoms with Gasteiger partial charge in [-0.3, -0.25) is 0 Å². The SMILES string of the molecule is O[C@@H]([C@H](OCc1ccccc1)[C@@H](O)COC(c1ccccc1)(c1ccccc1)c1ccccc1)[C@H](OCc1ccccc1)c1cn(C(c2ccccc2)(c2ccccc2)c2ccccc2)cn1. The van der Waals surface area contributed by atoms with E-state index in [0.29, 0.717) is 5.69 Å². The Balaban J connectivity index is 1.14. The first-order valence-electron chi connectivity index (χ1n) is 22.8. The highest BCUT2D eigenvalue weighted by atomic mass is 16.5. The van der Waals surface area contributed by atoms with E-state index in [2.05, 4.69) is 41.0 Å². The third kappa shape index (κ3) is 9.70. The summed E-state index contributed by atoms with van der Waals surface area (Å²) < 4.78 is 22.7. The van der Waals surface area contributed by atoms with Gasteiger partial charge in [0.15, 0.2) is 0 Å². The summed E-state index contributed by atoms with van der Waals surface area (Å²) in [5, 5.41) is 25.6. The molecular weight excluding hydrogens is 829 g/mol. The van der Waals surface area contributed by atoms with Crippen LogP contribution < -0.4 is 0 Å². The molecule has 0 fully saturated rings. The Hall–Kier alpha value is -7.23. The fourth-order valence-electron chi connectivity index (χ4n) is 9.22. The molecule has 4 atom stereocenters. The van der Waals surface area contributed by atoms with E-state index in [0.717, 1.165) is 44.5 Å². The zero-order valence-corrected chi connectivity index (χ0v) is 37.2. The molecule has 0 amide bonds. The fourth-order valence-corrected chi connectivity index (χ4v) is 9.22. The van der Waals surface area contributed by atoms with E-state index in [1.54, 1.807) is 6.33 Å². The van der Waals surface area contributed by atoms with Gasteiger partial charge in [-0.2, -0.15) is 0 Å². The van der Waals surface area contributed by atoms with E-state index in [9.17, 15) is 10.2 Å². The van der Waals surface area contributed by atoms with Crippen molar-refractivity contribution in [3.63, 3.8) is 0 Å². The summed E-state index contributed by atoms with van der Waals surface area (Å²) >= 11 is 0. The minimum Gasteiger partial charge on any atom is -0.388 e. The van der Waals surface area contributed by atoms with Crippen LogP contribution in [0.5, 0.6) is 0 Å². The number of benzene rings is 8. The predicted molar refractivity (Wildman–Crippen MR) is 263 cm³/mol. The second-order valence-corrected chi connectivity index (χ2v) is 16.6. The largest absolute Gasteiger partial charge is 0.388 e. The first-order valence-corrected chi connectivity index (χ1v) is 22.8. The van der Waals surface area contributed by atoms with Gasteiger partial charge in [-0.1, -0.05) is 243 Å². The Labute approximate surface area is 393 Å². The van der Waals surface area contributed by atoms with Crippen molar-refractivity contribution >= 4 is 0 Å². The highest BCUT2D eigenvalue weighted by Crippen LogP contribution is 2.43. The second kappa shape index (κ2) is 21.4. The lowest BCUT2D eigenvalue weighted by molar-refractivity contribution is -0.174. The summed E-state index contributed by atoms with van der Waals surface area (Å²) in [5.41, 5.74) is 5.98. The molecule has 0 saturated carbocycles. The van der Waals surface area contributed by atoms with Crippen LogP contribution in [-0.2, 0) is 38.6 Å². The summed E-state index contributed by atoms with van der Waals surface area (Å²) in [6, 6.07) is 80.7. The van der Waals surface area contributed by atoms with Gasteiger partial charge < -0.3 is 29.0 Å². The summed E-state index contributed by atoms with van der Waals surface area (Å²) in [4.78, 5) is 5.07. The van der Waals surface area contributed by atoms with Gasteiger partial charge in [0, 0.05) is 6.20 Å². The zero-order chi connectivity index (χ0) is 45.7. The Morgan fingerprint density at radius 3 is 1.16 bits per heavy atom. The number of aliphatic hydroxyl groups is 2. The number of rotatable bonds is 20. The maximum Gasteiger partial charge on any atom is 0.143 e. The van der Waals surface area contributed by atoms with Crippen LogP contribution >= 0.6 is 0 Å². The highest BCUT2D eigenvalue weighted by Gasteiger charge is 2.43. The van der Waals surface area contributed by atoms with Crippen molar-refractivity contribution in [3.8, 4) is 0 Å². The molecule has 0 radical (unpaired) electrons. The molecule has 0 aliphatic rings. The molecule has 0 saturated heterocycles. The molecule has 0 spiro atoms. The van der Waals surface area contributed by atoms with E-state index in [1.807, 2.05) is 212 Å². The second-order valence-electron chi connectivity index (χ2n) is 16.6. The number of nitrogens with zero attached hydrogens (tertiary/aromatic N) is 2. The van der Waals surface area contributed by atoms with Crippen LogP contribution in [0.25, 0.3) is 0 Å². The molecule has 0 bridgehead atoms. The lowest BCUT2D eigenvalue weighted by Crippen LogP contribution is -2.47. The Morgan fingerprint density at radius 1 is 0.433 bits per heavy atom. The average molecular weight is 883 g/mol. The standard InChI is InChI=1S/C60H54N2O5/c63-55(44-67-60(51-35-19-6-20-36-51,52-37-21-7-22-38-52)53-39-23-8-24-40-53)58(66-43-47-27-11-2-12-28-47)56(64)57(65-42-46-25-9-1-10-26-46)54-41-62(45-61-54)59(48-29-13-3-14-30-48,49-31-15-4-16-32-49)50-33-17-5-18-34-50/h1-41,45,55-58,63-64H,42-44H2/t55-,56+,57+,58+/m0/s1. The highest BCUT2D eigenvalue weighted by molar-refractivity contribution is 5.51. The van der Waals surface area contributed by atoms with Crippen LogP contribution in [0.4, 0.5) is 0 Å². The smallest absolute Gasteiger partial charge is 0.143 e. The third-order valence-electron chi connectivity index (χ3n) is 12.5. The number of aromatic nitrogens is 2. The molecule has 334 valence electrons. The van der Waals surface area contributed by atoms with Crippen LogP contribution in [0.3, 0.4) is 0 Å². The topological polar surface area (TPSA) is 86.0 Å².